The van der Waals surface area contributed by atoms with Crippen LogP contribution in [0.1, 0.15) is 10.4 Å². The first kappa shape index (κ1) is 11.7. The fraction of sp³-hybridized carbons (Fsp3) is 0.286. The summed E-state index contributed by atoms with van der Waals surface area (Å²) in [6.07, 6.45) is 3.49. The molecular weight excluding hydrogens is 244 g/mol. The molecule has 4 heteroatoms. The van der Waals surface area contributed by atoms with Gasteiger partial charge in [-0.3, -0.25) is 9.78 Å². The Labute approximate surface area is 110 Å². The summed E-state index contributed by atoms with van der Waals surface area (Å²) in [7, 11) is 0. The molecule has 2 heterocycles. The van der Waals surface area contributed by atoms with Crippen LogP contribution in [0.15, 0.2) is 36.7 Å². The highest BCUT2D eigenvalue weighted by Crippen LogP contribution is 2.20. The van der Waals surface area contributed by atoms with Gasteiger partial charge in [0.15, 0.2) is 5.78 Å². The van der Waals surface area contributed by atoms with Crippen molar-refractivity contribution in [3.8, 4) is 0 Å². The Balaban J connectivity index is 2.00. The molecule has 0 bridgehead atoms. The third kappa shape index (κ3) is 2.13. The van der Waals surface area contributed by atoms with E-state index < -0.39 is 0 Å². The number of pyridine rings is 1. The summed E-state index contributed by atoms with van der Waals surface area (Å²) in [6.45, 7) is 0.902. The Hall–Kier alpha value is -1.39. The number of aromatic nitrogens is 1. The van der Waals surface area contributed by atoms with E-state index in [0.717, 1.165) is 34.4 Å². The maximum Gasteiger partial charge on any atom is 0.182 e. The first-order valence-electron chi connectivity index (χ1n) is 6.04. The van der Waals surface area contributed by atoms with Crippen LogP contribution in [0.3, 0.4) is 0 Å². The molecule has 0 amide bonds. The van der Waals surface area contributed by atoms with Gasteiger partial charge in [0.1, 0.15) is 0 Å². The van der Waals surface area contributed by atoms with Gasteiger partial charge in [0.2, 0.25) is 0 Å². The van der Waals surface area contributed by atoms with E-state index in [1.807, 2.05) is 36.0 Å². The van der Waals surface area contributed by atoms with E-state index in [2.05, 4.69) is 10.3 Å². The molecule has 1 aliphatic heterocycles. The summed E-state index contributed by atoms with van der Waals surface area (Å²) in [5, 5.41) is 5.30. The Kier molecular flexibility index (Phi) is 3.30. The topological polar surface area (TPSA) is 42.0 Å². The third-order valence-corrected chi connectivity index (χ3v) is 4.23. The van der Waals surface area contributed by atoms with Crippen LogP contribution in [0.5, 0.6) is 0 Å². The van der Waals surface area contributed by atoms with Crippen molar-refractivity contribution in [2.75, 3.05) is 18.1 Å². The van der Waals surface area contributed by atoms with Crippen molar-refractivity contribution in [3.63, 3.8) is 0 Å². The highest BCUT2D eigenvalue weighted by Gasteiger charge is 2.23. The number of ketones is 1. The Bertz CT molecular complexity index is 574. The maximum atomic E-state index is 12.5. The van der Waals surface area contributed by atoms with Crippen molar-refractivity contribution in [1.29, 1.82) is 0 Å². The molecule has 1 unspecified atom stereocenters. The molecule has 18 heavy (non-hydrogen) atoms. The predicted molar refractivity (Wildman–Crippen MR) is 75.2 cm³/mol. The molecule has 0 aliphatic carbocycles. The van der Waals surface area contributed by atoms with Gasteiger partial charge >= 0.3 is 0 Å². The number of Topliss-reactive ketones (excluding diaryl/α,β-unsaturated/α-hetero) is 1. The fourth-order valence-electron chi connectivity index (χ4n) is 2.23. The van der Waals surface area contributed by atoms with E-state index in [1.54, 1.807) is 12.4 Å². The monoisotopic (exact) mass is 258 g/mol. The molecule has 0 radical (unpaired) electrons. The van der Waals surface area contributed by atoms with Crippen LogP contribution in [-0.2, 0) is 0 Å². The molecule has 3 rings (SSSR count). The molecule has 1 aromatic heterocycles. The average molecular weight is 258 g/mol. The molecule has 1 atom stereocenters. The Morgan fingerprint density at radius 2 is 2.22 bits per heavy atom. The van der Waals surface area contributed by atoms with Crippen molar-refractivity contribution in [2.45, 2.75) is 6.04 Å². The van der Waals surface area contributed by atoms with Crippen molar-refractivity contribution >= 4 is 28.3 Å². The molecule has 2 aromatic rings. The number of thioether (sulfide) groups is 1. The predicted octanol–water partition coefficient (Wildman–Crippen LogP) is 2.12. The molecule has 1 aliphatic rings. The molecule has 0 saturated carbocycles. The minimum atomic E-state index is -0.0728. The molecule has 1 fully saturated rings. The van der Waals surface area contributed by atoms with Crippen LogP contribution in [0.4, 0.5) is 0 Å². The normalized spacial score (nSPS) is 19.9. The number of nitrogens with one attached hydrogen (secondary N) is 1. The average Bonchev–Trinajstić information content (AvgIpc) is 2.47. The quantitative estimate of drug-likeness (QED) is 0.838. The molecule has 1 saturated heterocycles. The van der Waals surface area contributed by atoms with Gasteiger partial charge < -0.3 is 5.32 Å². The second-order valence-electron chi connectivity index (χ2n) is 4.35. The second-order valence-corrected chi connectivity index (χ2v) is 5.50. The van der Waals surface area contributed by atoms with Gasteiger partial charge in [-0.1, -0.05) is 24.3 Å². The molecule has 1 N–H and O–H groups in total. The lowest BCUT2D eigenvalue weighted by Gasteiger charge is -2.22. The standard InChI is InChI=1S/C14H14N2OS/c17-14(13-9-18-6-5-16-13)12-8-15-7-10-3-1-2-4-11(10)12/h1-4,7-8,13,16H,5-6,9H2. The van der Waals surface area contributed by atoms with E-state index in [4.69, 9.17) is 0 Å². The number of benzene rings is 1. The van der Waals surface area contributed by atoms with Crippen LogP contribution in [0, 0.1) is 0 Å². The Morgan fingerprint density at radius 3 is 3.06 bits per heavy atom. The number of carbonyl (C=O) groups excluding carboxylic acids is 1. The van der Waals surface area contributed by atoms with Crippen LogP contribution in [0.25, 0.3) is 10.8 Å². The number of carbonyl (C=O) groups is 1. The van der Waals surface area contributed by atoms with Crippen LogP contribution in [-0.4, -0.2) is 34.9 Å². The first-order valence-corrected chi connectivity index (χ1v) is 7.20. The summed E-state index contributed by atoms with van der Waals surface area (Å²) >= 11 is 1.83. The zero-order valence-corrected chi connectivity index (χ0v) is 10.7. The van der Waals surface area contributed by atoms with Gasteiger partial charge in [-0.25, -0.2) is 0 Å². The molecular formula is C14H14N2OS. The van der Waals surface area contributed by atoms with Crippen LogP contribution < -0.4 is 5.32 Å². The lowest BCUT2D eigenvalue weighted by Crippen LogP contribution is -2.43. The number of hydrogen-bond acceptors (Lipinski definition) is 4. The highest BCUT2D eigenvalue weighted by molar-refractivity contribution is 7.99. The summed E-state index contributed by atoms with van der Waals surface area (Å²) in [6, 6.07) is 7.83. The van der Waals surface area contributed by atoms with E-state index >= 15 is 0 Å². The summed E-state index contributed by atoms with van der Waals surface area (Å²) < 4.78 is 0. The third-order valence-electron chi connectivity index (χ3n) is 3.17. The van der Waals surface area contributed by atoms with Gasteiger partial charge in [-0.15, -0.1) is 0 Å². The van der Waals surface area contributed by atoms with E-state index in [-0.39, 0.29) is 11.8 Å². The lowest BCUT2D eigenvalue weighted by atomic mass is 10.0. The number of fused-ring (bicyclic) bond motifs is 1. The van der Waals surface area contributed by atoms with Crippen molar-refractivity contribution in [3.05, 3.63) is 42.2 Å². The minimum absolute atomic E-state index is 0.0728. The van der Waals surface area contributed by atoms with E-state index in [1.165, 1.54) is 0 Å². The molecule has 92 valence electrons. The molecule has 1 aromatic carbocycles. The zero-order chi connectivity index (χ0) is 12.4. The smallest absolute Gasteiger partial charge is 0.182 e. The van der Waals surface area contributed by atoms with Gasteiger partial charge in [0.25, 0.3) is 0 Å². The molecule has 0 spiro atoms. The van der Waals surface area contributed by atoms with Gasteiger partial charge in [0.05, 0.1) is 6.04 Å². The van der Waals surface area contributed by atoms with Crippen molar-refractivity contribution < 1.29 is 4.79 Å². The van der Waals surface area contributed by atoms with E-state index in [9.17, 15) is 4.79 Å². The largest absolute Gasteiger partial charge is 0.306 e. The highest BCUT2D eigenvalue weighted by atomic mass is 32.2. The SMILES string of the molecule is O=C(c1cncc2ccccc12)C1CSCCN1. The fourth-order valence-corrected chi connectivity index (χ4v) is 3.17. The maximum absolute atomic E-state index is 12.5. The summed E-state index contributed by atoms with van der Waals surface area (Å²) in [4.78, 5) is 16.7. The summed E-state index contributed by atoms with van der Waals surface area (Å²) in [5.41, 5.74) is 0.730. The van der Waals surface area contributed by atoms with Crippen LogP contribution >= 0.6 is 11.8 Å². The lowest BCUT2D eigenvalue weighted by molar-refractivity contribution is 0.0954. The second kappa shape index (κ2) is 5.08. The first-order chi connectivity index (χ1) is 8.86. The van der Waals surface area contributed by atoms with Crippen molar-refractivity contribution in [1.82, 2.24) is 10.3 Å². The zero-order valence-electron chi connectivity index (χ0n) is 9.93. The van der Waals surface area contributed by atoms with Gasteiger partial charge in [-0.2, -0.15) is 11.8 Å². The van der Waals surface area contributed by atoms with Gasteiger partial charge in [0, 0.05) is 41.4 Å². The van der Waals surface area contributed by atoms with E-state index in [0.29, 0.717) is 0 Å². The number of hydrogen-bond donors (Lipinski definition) is 1. The summed E-state index contributed by atoms with van der Waals surface area (Å²) in [5.74, 6) is 2.09. The number of rotatable bonds is 2. The number of nitrogens with zero attached hydrogens (tertiary/aromatic N) is 1. The Morgan fingerprint density at radius 1 is 1.33 bits per heavy atom. The van der Waals surface area contributed by atoms with Gasteiger partial charge in [-0.05, 0) is 5.39 Å². The minimum Gasteiger partial charge on any atom is -0.306 e. The molecule has 3 nitrogen and oxygen atoms in total. The van der Waals surface area contributed by atoms with Crippen molar-refractivity contribution in [2.24, 2.45) is 0 Å². The van der Waals surface area contributed by atoms with Crippen LogP contribution in [0.2, 0.25) is 0 Å².